The third kappa shape index (κ3) is 5.64. The number of nitrogens with one attached hydrogen (secondary N) is 2. The first-order chi connectivity index (χ1) is 11.1. The highest BCUT2D eigenvalue weighted by Crippen LogP contribution is 2.27. The van der Waals surface area contributed by atoms with Gasteiger partial charge in [-0.1, -0.05) is 58.9 Å². The monoisotopic (exact) mass is 334 g/mol. The van der Waals surface area contributed by atoms with Crippen LogP contribution in [-0.2, 0) is 14.9 Å². The second-order valence-electron chi connectivity index (χ2n) is 7.46. The van der Waals surface area contributed by atoms with Crippen LogP contribution < -0.4 is 10.6 Å². The normalized spacial score (nSPS) is 14.2. The molecule has 0 radical (unpaired) electrons. The quantitative estimate of drug-likeness (QED) is 0.864. The number of carbonyl (C=O) groups excluding carboxylic acids is 2. The Morgan fingerprint density at radius 1 is 1.04 bits per heavy atom. The van der Waals surface area contributed by atoms with Gasteiger partial charge in [0.05, 0.1) is 13.2 Å². The minimum atomic E-state index is -0.746. The number of imide groups is 1. The third-order valence-electron chi connectivity index (χ3n) is 4.04. The number of alkyl carbamates (subject to hydrolysis) is 1. The lowest BCUT2D eigenvalue weighted by Crippen LogP contribution is -2.46. The molecular weight excluding hydrogens is 304 g/mol. The summed E-state index contributed by atoms with van der Waals surface area (Å²) in [6.45, 7) is 12.5. The molecule has 1 aromatic rings. The molecule has 0 bridgehead atoms. The molecule has 0 saturated carbocycles. The Morgan fingerprint density at radius 3 is 2.00 bits per heavy atom. The van der Waals surface area contributed by atoms with Crippen molar-refractivity contribution >= 4 is 12.0 Å². The Kier molecular flexibility index (Phi) is 6.96. The lowest BCUT2D eigenvalue weighted by molar-refractivity contribution is -0.122. The van der Waals surface area contributed by atoms with Crippen LogP contribution in [0.2, 0.25) is 0 Å². The summed E-state index contributed by atoms with van der Waals surface area (Å²) in [5.41, 5.74) is 2.49. The summed E-state index contributed by atoms with van der Waals surface area (Å²) in [6, 6.07) is 7.96. The number of hydrogen-bond acceptors (Lipinski definition) is 4. The molecule has 2 atom stereocenters. The molecule has 5 heteroatoms. The second-order valence-corrected chi connectivity index (χ2v) is 7.46. The summed E-state index contributed by atoms with van der Waals surface area (Å²) < 4.78 is 4.45. The van der Waals surface area contributed by atoms with Gasteiger partial charge in [-0.25, -0.2) is 4.79 Å². The van der Waals surface area contributed by atoms with Crippen LogP contribution in [0.15, 0.2) is 24.3 Å². The zero-order chi connectivity index (χ0) is 18.5. The van der Waals surface area contributed by atoms with E-state index in [9.17, 15) is 9.59 Å². The van der Waals surface area contributed by atoms with Crippen molar-refractivity contribution in [2.24, 2.45) is 5.92 Å². The van der Waals surface area contributed by atoms with Gasteiger partial charge in [0.2, 0.25) is 5.91 Å². The van der Waals surface area contributed by atoms with Gasteiger partial charge in [-0.15, -0.1) is 0 Å². The smallest absolute Gasteiger partial charge is 0.413 e. The average Bonchev–Trinajstić information content (AvgIpc) is 2.51. The van der Waals surface area contributed by atoms with Crippen LogP contribution in [0, 0.1) is 5.92 Å². The maximum absolute atomic E-state index is 12.0. The number of ether oxygens (including phenoxy) is 1. The lowest BCUT2D eigenvalue weighted by Gasteiger charge is -2.27. The van der Waals surface area contributed by atoms with Crippen molar-refractivity contribution in [3.63, 3.8) is 0 Å². The van der Waals surface area contributed by atoms with Crippen LogP contribution in [0.5, 0.6) is 0 Å². The van der Waals surface area contributed by atoms with E-state index in [0.717, 1.165) is 5.56 Å². The van der Waals surface area contributed by atoms with Crippen molar-refractivity contribution in [1.29, 1.82) is 0 Å². The van der Waals surface area contributed by atoms with Gasteiger partial charge in [-0.05, 0) is 29.4 Å². The van der Waals surface area contributed by atoms with Gasteiger partial charge in [0.25, 0.3) is 0 Å². The molecule has 2 N–H and O–H groups in total. The van der Waals surface area contributed by atoms with E-state index in [0.29, 0.717) is 5.92 Å². The molecule has 1 aromatic carbocycles. The molecule has 0 unspecified atom stereocenters. The first-order valence-corrected chi connectivity index (χ1v) is 8.31. The van der Waals surface area contributed by atoms with Crippen molar-refractivity contribution in [2.75, 3.05) is 7.11 Å². The SMILES string of the molecule is COC(=O)NC(=O)[C@@H](C)N[C@@H](c1ccc(C(C)(C)C)cc1)C(C)C. The Labute approximate surface area is 145 Å². The van der Waals surface area contributed by atoms with Crippen LogP contribution >= 0.6 is 0 Å². The van der Waals surface area contributed by atoms with Crippen LogP contribution in [0.3, 0.4) is 0 Å². The van der Waals surface area contributed by atoms with E-state index in [1.54, 1.807) is 6.92 Å². The third-order valence-corrected chi connectivity index (χ3v) is 4.04. The van der Waals surface area contributed by atoms with Crippen molar-refractivity contribution in [3.05, 3.63) is 35.4 Å². The zero-order valence-corrected chi connectivity index (χ0v) is 15.8. The van der Waals surface area contributed by atoms with Crippen LogP contribution in [0.25, 0.3) is 0 Å². The predicted molar refractivity (Wildman–Crippen MR) is 95.9 cm³/mol. The van der Waals surface area contributed by atoms with Crippen molar-refractivity contribution < 1.29 is 14.3 Å². The molecule has 0 aliphatic rings. The molecular formula is C19H30N2O3. The second kappa shape index (κ2) is 8.29. The van der Waals surface area contributed by atoms with Gasteiger partial charge in [0.15, 0.2) is 0 Å². The standard InChI is InChI=1S/C19H30N2O3/c1-12(2)16(20-13(3)17(22)21-18(23)24-7)14-8-10-15(11-9-14)19(4,5)6/h8-13,16,20H,1-7H3,(H,21,22,23)/t13-,16-/m1/s1. The Morgan fingerprint density at radius 2 is 1.58 bits per heavy atom. The fourth-order valence-electron chi connectivity index (χ4n) is 2.47. The molecule has 24 heavy (non-hydrogen) atoms. The number of rotatable bonds is 5. The van der Waals surface area contributed by atoms with E-state index in [2.05, 4.69) is 74.3 Å². The fraction of sp³-hybridized carbons (Fsp3) is 0.579. The van der Waals surface area contributed by atoms with E-state index in [-0.39, 0.29) is 11.5 Å². The van der Waals surface area contributed by atoms with Gasteiger partial charge in [-0.3, -0.25) is 15.4 Å². The van der Waals surface area contributed by atoms with Crippen LogP contribution in [0.1, 0.15) is 58.7 Å². The first-order valence-electron chi connectivity index (χ1n) is 8.31. The van der Waals surface area contributed by atoms with E-state index in [1.165, 1.54) is 12.7 Å². The molecule has 0 aliphatic carbocycles. The van der Waals surface area contributed by atoms with Crippen LogP contribution in [-0.4, -0.2) is 25.2 Å². The Bertz CT molecular complexity index is 559. The summed E-state index contributed by atoms with van der Waals surface area (Å²) in [6.07, 6.45) is -0.746. The first kappa shape index (κ1) is 20.2. The van der Waals surface area contributed by atoms with Gasteiger partial charge < -0.3 is 4.74 Å². The topological polar surface area (TPSA) is 67.4 Å². The molecule has 0 aliphatic heterocycles. The largest absolute Gasteiger partial charge is 0.453 e. The molecule has 0 saturated heterocycles. The Hall–Kier alpha value is -1.88. The lowest BCUT2D eigenvalue weighted by atomic mass is 9.85. The number of amides is 2. The zero-order valence-electron chi connectivity index (χ0n) is 15.8. The molecule has 0 aromatic heterocycles. The van der Waals surface area contributed by atoms with E-state index in [4.69, 9.17) is 0 Å². The number of carbonyl (C=O) groups is 2. The van der Waals surface area contributed by atoms with Gasteiger partial charge in [0.1, 0.15) is 0 Å². The maximum Gasteiger partial charge on any atom is 0.413 e. The summed E-state index contributed by atoms with van der Waals surface area (Å²) in [5, 5.41) is 5.49. The minimum Gasteiger partial charge on any atom is -0.453 e. The fourth-order valence-corrected chi connectivity index (χ4v) is 2.47. The summed E-state index contributed by atoms with van der Waals surface area (Å²) in [5.74, 6) is -0.113. The molecule has 2 amide bonds. The molecule has 0 heterocycles. The van der Waals surface area contributed by atoms with Crippen molar-refractivity contribution in [1.82, 2.24) is 10.6 Å². The maximum atomic E-state index is 12.0. The van der Waals surface area contributed by atoms with Crippen molar-refractivity contribution in [2.45, 2.75) is 59.0 Å². The summed E-state index contributed by atoms with van der Waals surface area (Å²) >= 11 is 0. The number of benzene rings is 1. The van der Waals surface area contributed by atoms with Gasteiger partial charge in [0, 0.05) is 6.04 Å². The Balaban J connectivity index is 2.87. The predicted octanol–water partition coefficient (Wildman–Crippen LogP) is 3.54. The molecule has 1 rings (SSSR count). The summed E-state index contributed by atoms with van der Waals surface area (Å²) in [4.78, 5) is 23.2. The van der Waals surface area contributed by atoms with E-state index >= 15 is 0 Å². The molecule has 134 valence electrons. The minimum absolute atomic E-state index is 0.0115. The highest BCUT2D eigenvalue weighted by Gasteiger charge is 2.23. The van der Waals surface area contributed by atoms with Crippen LogP contribution in [0.4, 0.5) is 4.79 Å². The highest BCUT2D eigenvalue weighted by molar-refractivity contribution is 5.94. The highest BCUT2D eigenvalue weighted by atomic mass is 16.5. The summed E-state index contributed by atoms with van der Waals surface area (Å²) in [7, 11) is 1.23. The van der Waals surface area contributed by atoms with Gasteiger partial charge in [-0.2, -0.15) is 0 Å². The number of hydrogen-bond donors (Lipinski definition) is 2. The average molecular weight is 334 g/mol. The van der Waals surface area contributed by atoms with Gasteiger partial charge >= 0.3 is 6.09 Å². The van der Waals surface area contributed by atoms with E-state index < -0.39 is 18.0 Å². The van der Waals surface area contributed by atoms with E-state index in [1.807, 2.05) is 0 Å². The molecule has 0 spiro atoms. The molecule has 0 fully saturated rings. The number of methoxy groups -OCH3 is 1. The van der Waals surface area contributed by atoms with Crippen molar-refractivity contribution in [3.8, 4) is 0 Å². The molecule has 5 nitrogen and oxygen atoms in total.